The maximum absolute atomic E-state index is 6.19. The van der Waals surface area contributed by atoms with Gasteiger partial charge in [-0.1, -0.05) is 34.8 Å². The number of halogens is 3. The van der Waals surface area contributed by atoms with Gasteiger partial charge < -0.3 is 5.73 Å². The van der Waals surface area contributed by atoms with E-state index in [1.807, 2.05) is 0 Å². The zero-order valence-corrected chi connectivity index (χ0v) is 12.7. The number of hydrogen-bond acceptors (Lipinski definition) is 4. The Hall–Kier alpha value is -1.82. The molecule has 0 spiro atoms. The van der Waals surface area contributed by atoms with Crippen LogP contribution in [0.15, 0.2) is 36.4 Å². The number of anilines is 1. The Morgan fingerprint density at radius 3 is 2.38 bits per heavy atom. The molecule has 3 rings (SSSR count). The topological polar surface area (TPSA) is 69.6 Å². The third-order valence-corrected chi connectivity index (χ3v) is 3.56. The van der Waals surface area contributed by atoms with Gasteiger partial charge in [0.15, 0.2) is 5.82 Å². The summed E-state index contributed by atoms with van der Waals surface area (Å²) in [5.74, 6) is 0.450. The molecular formula is C13H8Cl3N5. The van der Waals surface area contributed by atoms with Crippen LogP contribution in [-0.2, 0) is 0 Å². The second kappa shape index (κ2) is 5.52. The number of nitrogen functional groups attached to an aromatic ring is 1. The number of nitrogens with zero attached hydrogens (tertiary/aromatic N) is 4. The average Bonchev–Trinajstić information content (AvgIpc) is 2.89. The van der Waals surface area contributed by atoms with Crippen molar-refractivity contribution in [2.75, 3.05) is 5.73 Å². The van der Waals surface area contributed by atoms with Crippen molar-refractivity contribution in [1.82, 2.24) is 20.2 Å². The summed E-state index contributed by atoms with van der Waals surface area (Å²) in [6.45, 7) is 0. The molecule has 8 heteroatoms. The van der Waals surface area contributed by atoms with Crippen LogP contribution in [0.5, 0.6) is 0 Å². The monoisotopic (exact) mass is 339 g/mol. The first-order valence-electron chi connectivity index (χ1n) is 5.85. The summed E-state index contributed by atoms with van der Waals surface area (Å²) in [6.07, 6.45) is 0. The van der Waals surface area contributed by atoms with E-state index < -0.39 is 0 Å². The molecule has 106 valence electrons. The molecule has 2 aromatic carbocycles. The predicted molar refractivity (Wildman–Crippen MR) is 84.0 cm³/mol. The molecular weight excluding hydrogens is 333 g/mol. The molecule has 0 radical (unpaired) electrons. The summed E-state index contributed by atoms with van der Waals surface area (Å²) in [6, 6.07) is 10.1. The van der Waals surface area contributed by atoms with Crippen LogP contribution in [0, 0.1) is 0 Å². The van der Waals surface area contributed by atoms with Gasteiger partial charge in [-0.2, -0.15) is 4.68 Å². The number of benzene rings is 2. The summed E-state index contributed by atoms with van der Waals surface area (Å²) in [4.78, 5) is 0. The lowest BCUT2D eigenvalue weighted by atomic mass is 10.2. The zero-order valence-electron chi connectivity index (χ0n) is 10.5. The molecule has 0 atom stereocenters. The van der Waals surface area contributed by atoms with Crippen LogP contribution in [-0.4, -0.2) is 20.2 Å². The molecule has 0 aliphatic rings. The normalized spacial score (nSPS) is 10.8. The van der Waals surface area contributed by atoms with E-state index in [1.165, 1.54) is 4.68 Å². The lowest BCUT2D eigenvalue weighted by molar-refractivity contribution is 0.791. The van der Waals surface area contributed by atoms with Gasteiger partial charge in [-0.25, -0.2) is 0 Å². The maximum atomic E-state index is 6.19. The van der Waals surface area contributed by atoms with E-state index in [-0.39, 0.29) is 0 Å². The Balaban J connectivity index is 2.19. The van der Waals surface area contributed by atoms with Gasteiger partial charge in [0.05, 0.1) is 10.7 Å². The lowest BCUT2D eigenvalue weighted by Crippen LogP contribution is -2.01. The van der Waals surface area contributed by atoms with Crippen molar-refractivity contribution >= 4 is 40.5 Å². The van der Waals surface area contributed by atoms with E-state index in [2.05, 4.69) is 15.5 Å². The summed E-state index contributed by atoms with van der Waals surface area (Å²) in [5, 5.41) is 13.1. The van der Waals surface area contributed by atoms with E-state index in [1.54, 1.807) is 36.4 Å². The molecule has 0 saturated heterocycles. The van der Waals surface area contributed by atoms with Gasteiger partial charge in [-0.15, -0.1) is 5.10 Å². The van der Waals surface area contributed by atoms with E-state index in [0.717, 1.165) is 0 Å². The molecule has 0 amide bonds. The largest absolute Gasteiger partial charge is 0.399 e. The van der Waals surface area contributed by atoms with Gasteiger partial charge >= 0.3 is 0 Å². The summed E-state index contributed by atoms with van der Waals surface area (Å²) in [7, 11) is 0. The molecule has 1 heterocycles. The third-order valence-electron chi connectivity index (χ3n) is 2.79. The standard InChI is InChI=1S/C13H8Cl3N5/c14-7-3-8(15)5-10(4-7)21-13(18-19-20-21)11-6-9(17)1-2-12(11)16/h1-6H,17H2. The van der Waals surface area contributed by atoms with Crippen LogP contribution >= 0.6 is 34.8 Å². The van der Waals surface area contributed by atoms with Crippen LogP contribution in [0.25, 0.3) is 17.1 Å². The van der Waals surface area contributed by atoms with Crippen molar-refractivity contribution in [3.05, 3.63) is 51.5 Å². The minimum atomic E-state index is 0.450. The highest BCUT2D eigenvalue weighted by molar-refractivity contribution is 6.35. The van der Waals surface area contributed by atoms with Crippen molar-refractivity contribution < 1.29 is 0 Å². The Morgan fingerprint density at radius 1 is 0.952 bits per heavy atom. The maximum Gasteiger partial charge on any atom is 0.188 e. The average molecular weight is 341 g/mol. The summed E-state index contributed by atoms with van der Waals surface area (Å²) >= 11 is 18.2. The molecule has 0 saturated carbocycles. The zero-order chi connectivity index (χ0) is 15.0. The first-order chi connectivity index (χ1) is 10.0. The van der Waals surface area contributed by atoms with E-state index in [9.17, 15) is 0 Å². The highest BCUT2D eigenvalue weighted by Gasteiger charge is 2.15. The van der Waals surface area contributed by atoms with E-state index >= 15 is 0 Å². The van der Waals surface area contributed by atoms with Gasteiger partial charge in [-0.05, 0) is 46.8 Å². The first kappa shape index (κ1) is 14.1. The van der Waals surface area contributed by atoms with Crippen LogP contribution in [0.2, 0.25) is 15.1 Å². The second-order valence-corrected chi connectivity index (χ2v) is 5.56. The van der Waals surface area contributed by atoms with Gasteiger partial charge in [0, 0.05) is 21.3 Å². The molecule has 3 aromatic rings. The molecule has 1 aromatic heterocycles. The van der Waals surface area contributed by atoms with Gasteiger partial charge in [0.1, 0.15) is 0 Å². The first-order valence-corrected chi connectivity index (χ1v) is 6.98. The van der Waals surface area contributed by atoms with Crippen molar-refractivity contribution in [1.29, 1.82) is 0 Å². The Morgan fingerprint density at radius 2 is 1.67 bits per heavy atom. The number of rotatable bonds is 2. The summed E-state index contributed by atoms with van der Waals surface area (Å²) in [5.41, 5.74) is 7.61. The molecule has 0 aliphatic carbocycles. The third kappa shape index (κ3) is 2.81. The SMILES string of the molecule is Nc1ccc(Cl)c(-c2nnnn2-c2cc(Cl)cc(Cl)c2)c1. The molecule has 0 unspecified atom stereocenters. The van der Waals surface area contributed by atoms with E-state index in [4.69, 9.17) is 40.5 Å². The Bertz CT molecular complexity index is 795. The lowest BCUT2D eigenvalue weighted by Gasteiger charge is -2.08. The fourth-order valence-corrected chi connectivity index (χ4v) is 2.62. The second-order valence-electron chi connectivity index (χ2n) is 4.28. The molecule has 0 bridgehead atoms. The summed E-state index contributed by atoms with van der Waals surface area (Å²) < 4.78 is 1.50. The number of tetrazole rings is 1. The quantitative estimate of drug-likeness (QED) is 0.719. The number of nitrogens with two attached hydrogens (primary N) is 1. The fourth-order valence-electron chi connectivity index (χ4n) is 1.90. The molecule has 5 nitrogen and oxygen atoms in total. The molecule has 21 heavy (non-hydrogen) atoms. The predicted octanol–water partition coefficient (Wildman–Crippen LogP) is 3.87. The minimum Gasteiger partial charge on any atom is -0.399 e. The highest BCUT2D eigenvalue weighted by atomic mass is 35.5. The van der Waals surface area contributed by atoms with Crippen molar-refractivity contribution in [3.8, 4) is 17.1 Å². The Kier molecular flexibility index (Phi) is 3.71. The van der Waals surface area contributed by atoms with Crippen LogP contribution in [0.1, 0.15) is 0 Å². The number of hydrogen-bond donors (Lipinski definition) is 1. The van der Waals surface area contributed by atoms with Crippen LogP contribution in [0.4, 0.5) is 5.69 Å². The minimum absolute atomic E-state index is 0.450. The van der Waals surface area contributed by atoms with Gasteiger partial charge in [0.25, 0.3) is 0 Å². The Labute approximate surface area is 135 Å². The number of aromatic nitrogens is 4. The smallest absolute Gasteiger partial charge is 0.188 e. The highest BCUT2D eigenvalue weighted by Crippen LogP contribution is 2.30. The van der Waals surface area contributed by atoms with E-state index in [0.29, 0.717) is 37.8 Å². The molecule has 2 N–H and O–H groups in total. The fraction of sp³-hybridized carbons (Fsp3) is 0. The van der Waals surface area contributed by atoms with Gasteiger partial charge in [0.2, 0.25) is 0 Å². The van der Waals surface area contributed by atoms with Crippen molar-refractivity contribution in [2.24, 2.45) is 0 Å². The van der Waals surface area contributed by atoms with Crippen LogP contribution in [0.3, 0.4) is 0 Å². The van der Waals surface area contributed by atoms with Crippen LogP contribution < -0.4 is 5.73 Å². The van der Waals surface area contributed by atoms with Crippen molar-refractivity contribution in [3.63, 3.8) is 0 Å². The molecule has 0 fully saturated rings. The molecule has 0 aliphatic heterocycles. The van der Waals surface area contributed by atoms with Gasteiger partial charge in [-0.3, -0.25) is 0 Å². The van der Waals surface area contributed by atoms with Crippen molar-refractivity contribution in [2.45, 2.75) is 0 Å².